The number of alkyl halides is 3. The van der Waals surface area contributed by atoms with E-state index in [-0.39, 0.29) is 12.4 Å². The first-order valence-corrected chi connectivity index (χ1v) is 7.39. The minimum atomic E-state index is -4.30. The van der Waals surface area contributed by atoms with Crippen molar-refractivity contribution in [2.45, 2.75) is 37.9 Å². The molecule has 1 aliphatic rings. The van der Waals surface area contributed by atoms with Gasteiger partial charge in [-0.05, 0) is 44.0 Å². The molecule has 2 aromatic rings. The van der Waals surface area contributed by atoms with Crippen molar-refractivity contribution in [3.63, 3.8) is 0 Å². The molecule has 0 radical (unpaired) electrons. The lowest BCUT2D eigenvalue weighted by molar-refractivity contribution is -0.137. The van der Waals surface area contributed by atoms with Gasteiger partial charge in [-0.15, -0.1) is 12.4 Å². The second-order valence-electron chi connectivity index (χ2n) is 5.83. The van der Waals surface area contributed by atoms with E-state index in [1.54, 1.807) is 6.20 Å². The average molecular weight is 346 g/mol. The minimum Gasteiger partial charge on any atom is -0.342 e. The monoisotopic (exact) mass is 345 g/mol. The normalized spacial score (nSPS) is 21.7. The molecule has 23 heavy (non-hydrogen) atoms. The van der Waals surface area contributed by atoms with Crippen molar-refractivity contribution in [2.24, 2.45) is 0 Å². The highest BCUT2D eigenvalue weighted by Gasteiger charge is 2.30. The first kappa shape index (κ1) is 17.8. The standard InChI is InChI=1S/C16H18F3N3.ClH/c1-10-8-12(6-7-20-10)15-21-9-14(22-15)11-2-4-13(5-3-11)16(17,18)19;/h2-5,9-10,12,20H,6-8H2,1H3,(H,21,22);1H/t10-,12-;/m0./s1. The molecule has 7 heteroatoms. The topological polar surface area (TPSA) is 40.7 Å². The summed E-state index contributed by atoms with van der Waals surface area (Å²) >= 11 is 0. The minimum absolute atomic E-state index is 0. The molecule has 0 unspecified atom stereocenters. The molecule has 0 aliphatic carbocycles. The van der Waals surface area contributed by atoms with E-state index in [0.29, 0.717) is 17.5 Å². The highest BCUT2D eigenvalue weighted by Crippen LogP contribution is 2.31. The van der Waals surface area contributed by atoms with E-state index in [9.17, 15) is 13.2 Å². The van der Waals surface area contributed by atoms with Crippen molar-refractivity contribution in [1.29, 1.82) is 0 Å². The Morgan fingerprint density at radius 3 is 2.48 bits per heavy atom. The maximum Gasteiger partial charge on any atom is 0.416 e. The lowest BCUT2D eigenvalue weighted by Gasteiger charge is -2.26. The molecule has 0 saturated carbocycles. The van der Waals surface area contributed by atoms with Gasteiger partial charge in [0.05, 0.1) is 17.5 Å². The zero-order valence-corrected chi connectivity index (χ0v) is 13.5. The van der Waals surface area contributed by atoms with E-state index < -0.39 is 11.7 Å². The van der Waals surface area contributed by atoms with Crippen LogP contribution in [0.3, 0.4) is 0 Å². The maximum atomic E-state index is 12.6. The lowest BCUT2D eigenvalue weighted by Crippen LogP contribution is -2.35. The quantitative estimate of drug-likeness (QED) is 0.848. The summed E-state index contributed by atoms with van der Waals surface area (Å²) in [6.45, 7) is 3.11. The molecule has 2 heterocycles. The molecule has 3 rings (SSSR count). The van der Waals surface area contributed by atoms with Gasteiger partial charge in [0.2, 0.25) is 0 Å². The molecule has 0 bridgehead atoms. The zero-order valence-electron chi connectivity index (χ0n) is 12.7. The summed E-state index contributed by atoms with van der Waals surface area (Å²) in [7, 11) is 0. The van der Waals surface area contributed by atoms with Gasteiger partial charge in [-0.1, -0.05) is 12.1 Å². The molecule has 2 atom stereocenters. The first-order valence-electron chi connectivity index (χ1n) is 7.39. The molecular weight excluding hydrogens is 327 g/mol. The molecular formula is C16H19ClF3N3. The molecule has 1 fully saturated rings. The number of aromatic amines is 1. The number of hydrogen-bond donors (Lipinski definition) is 2. The Labute approximate surface area is 139 Å². The van der Waals surface area contributed by atoms with Crippen LogP contribution in [0.15, 0.2) is 30.5 Å². The molecule has 1 aromatic carbocycles. The number of nitrogens with one attached hydrogen (secondary N) is 2. The second-order valence-corrected chi connectivity index (χ2v) is 5.83. The van der Waals surface area contributed by atoms with Crippen LogP contribution < -0.4 is 5.32 Å². The number of piperidine rings is 1. The third-order valence-corrected chi connectivity index (χ3v) is 4.13. The van der Waals surface area contributed by atoms with Crippen molar-refractivity contribution in [3.8, 4) is 11.3 Å². The lowest BCUT2D eigenvalue weighted by atomic mass is 9.93. The fourth-order valence-electron chi connectivity index (χ4n) is 2.91. The number of rotatable bonds is 2. The number of halogens is 4. The highest BCUT2D eigenvalue weighted by atomic mass is 35.5. The third kappa shape index (κ3) is 4.06. The van der Waals surface area contributed by atoms with Crippen LogP contribution in [0, 0.1) is 0 Å². The van der Waals surface area contributed by atoms with Crippen LogP contribution in [-0.2, 0) is 6.18 Å². The van der Waals surface area contributed by atoms with Gasteiger partial charge >= 0.3 is 6.18 Å². The Hall–Kier alpha value is -1.53. The van der Waals surface area contributed by atoms with Crippen molar-refractivity contribution in [2.75, 3.05) is 6.54 Å². The van der Waals surface area contributed by atoms with Gasteiger partial charge in [0.1, 0.15) is 5.82 Å². The van der Waals surface area contributed by atoms with Gasteiger partial charge in [-0.25, -0.2) is 4.98 Å². The molecule has 0 amide bonds. The summed E-state index contributed by atoms with van der Waals surface area (Å²) in [6, 6.07) is 5.61. The van der Waals surface area contributed by atoms with Crippen molar-refractivity contribution in [1.82, 2.24) is 15.3 Å². The predicted molar refractivity (Wildman–Crippen MR) is 85.7 cm³/mol. The number of nitrogens with zero attached hydrogens (tertiary/aromatic N) is 1. The Morgan fingerprint density at radius 2 is 1.87 bits per heavy atom. The van der Waals surface area contributed by atoms with Crippen LogP contribution in [0.2, 0.25) is 0 Å². The van der Waals surface area contributed by atoms with Gasteiger partial charge in [-0.3, -0.25) is 0 Å². The molecule has 2 N–H and O–H groups in total. The summed E-state index contributed by atoms with van der Waals surface area (Å²) in [5.74, 6) is 1.29. The van der Waals surface area contributed by atoms with E-state index in [4.69, 9.17) is 0 Å². The summed E-state index contributed by atoms with van der Waals surface area (Å²) in [4.78, 5) is 7.67. The smallest absolute Gasteiger partial charge is 0.342 e. The SMILES string of the molecule is C[C@H]1C[C@@H](c2ncc(-c3ccc(C(F)(F)F)cc3)[nH]2)CCN1.Cl. The summed E-state index contributed by atoms with van der Waals surface area (Å²) < 4.78 is 37.7. The van der Waals surface area contributed by atoms with Crippen molar-refractivity contribution in [3.05, 3.63) is 41.9 Å². The molecule has 1 aromatic heterocycles. The maximum absolute atomic E-state index is 12.6. The molecule has 1 saturated heterocycles. The Morgan fingerprint density at radius 1 is 1.17 bits per heavy atom. The van der Waals surface area contributed by atoms with E-state index in [0.717, 1.165) is 43.0 Å². The summed E-state index contributed by atoms with van der Waals surface area (Å²) in [5.41, 5.74) is 0.840. The Balaban J connectivity index is 0.00000192. The van der Waals surface area contributed by atoms with Crippen LogP contribution in [0.1, 0.15) is 37.1 Å². The van der Waals surface area contributed by atoms with E-state index in [2.05, 4.69) is 22.2 Å². The first-order chi connectivity index (χ1) is 10.4. The molecule has 126 valence electrons. The highest BCUT2D eigenvalue weighted by molar-refractivity contribution is 5.85. The van der Waals surface area contributed by atoms with Crippen molar-refractivity contribution >= 4 is 12.4 Å². The number of hydrogen-bond acceptors (Lipinski definition) is 2. The zero-order chi connectivity index (χ0) is 15.7. The van der Waals surface area contributed by atoms with Crippen LogP contribution in [0.5, 0.6) is 0 Å². The van der Waals surface area contributed by atoms with E-state index >= 15 is 0 Å². The van der Waals surface area contributed by atoms with E-state index in [1.165, 1.54) is 12.1 Å². The molecule has 0 spiro atoms. The second kappa shape index (κ2) is 6.93. The van der Waals surface area contributed by atoms with Crippen molar-refractivity contribution < 1.29 is 13.2 Å². The molecule has 1 aliphatic heterocycles. The Kier molecular flexibility index (Phi) is 5.37. The summed E-state index contributed by atoms with van der Waals surface area (Å²) in [6.07, 6.45) is -0.572. The predicted octanol–water partition coefficient (Wildman–Crippen LogP) is 4.37. The fraction of sp³-hybridized carbons (Fsp3) is 0.438. The summed E-state index contributed by atoms with van der Waals surface area (Å²) in [5, 5.41) is 3.39. The number of aromatic nitrogens is 2. The van der Waals surface area contributed by atoms with Crippen LogP contribution in [0.25, 0.3) is 11.3 Å². The number of benzene rings is 1. The van der Waals surface area contributed by atoms with Gasteiger partial charge < -0.3 is 10.3 Å². The van der Waals surface area contributed by atoms with Gasteiger partial charge in [0.25, 0.3) is 0 Å². The van der Waals surface area contributed by atoms with Crippen LogP contribution in [0.4, 0.5) is 13.2 Å². The third-order valence-electron chi connectivity index (χ3n) is 4.13. The number of imidazole rings is 1. The fourth-order valence-corrected chi connectivity index (χ4v) is 2.91. The Bertz CT molecular complexity index is 637. The largest absolute Gasteiger partial charge is 0.416 e. The van der Waals surface area contributed by atoms with Gasteiger partial charge in [0, 0.05) is 12.0 Å². The van der Waals surface area contributed by atoms with Crippen LogP contribution in [-0.4, -0.2) is 22.6 Å². The van der Waals surface area contributed by atoms with Gasteiger partial charge in [-0.2, -0.15) is 13.2 Å². The molecule has 3 nitrogen and oxygen atoms in total. The van der Waals surface area contributed by atoms with E-state index in [1.807, 2.05) is 0 Å². The van der Waals surface area contributed by atoms with Crippen LogP contribution >= 0.6 is 12.4 Å². The van der Waals surface area contributed by atoms with Gasteiger partial charge in [0.15, 0.2) is 0 Å². The number of H-pyrrole nitrogens is 1. The average Bonchev–Trinajstić information content (AvgIpc) is 2.96.